The number of unbranched alkanes of at least 4 members (excludes halogenated alkanes) is 1. The van der Waals surface area contributed by atoms with Gasteiger partial charge in [-0.15, -0.1) is 0 Å². The molecule has 2 unspecified atom stereocenters. The molecule has 2 bridgehead atoms. The average molecular weight is 500 g/mol. The lowest BCUT2D eigenvalue weighted by Crippen LogP contribution is -2.59. The van der Waals surface area contributed by atoms with Gasteiger partial charge in [0.2, 0.25) is 17.7 Å². The summed E-state index contributed by atoms with van der Waals surface area (Å²) < 4.78 is 6.64. The van der Waals surface area contributed by atoms with Crippen LogP contribution in [0.15, 0.2) is 30.3 Å². The van der Waals surface area contributed by atoms with Gasteiger partial charge < -0.3 is 25.4 Å². The van der Waals surface area contributed by atoms with Crippen LogP contribution in [0.3, 0.4) is 0 Å². The summed E-state index contributed by atoms with van der Waals surface area (Å²) in [5.41, 5.74) is -0.919. The van der Waals surface area contributed by atoms with Crippen molar-refractivity contribution in [1.29, 1.82) is 0 Å². The Bertz CT molecular complexity index is 971. The summed E-state index contributed by atoms with van der Waals surface area (Å²) in [6.45, 7) is 8.57. The van der Waals surface area contributed by atoms with Crippen molar-refractivity contribution < 1.29 is 24.2 Å². The summed E-state index contributed by atoms with van der Waals surface area (Å²) in [6, 6.07) is 8.26. The monoisotopic (exact) mass is 499 g/mol. The van der Waals surface area contributed by atoms with Gasteiger partial charge in [-0.1, -0.05) is 63.9 Å². The lowest BCUT2D eigenvalue weighted by atomic mass is 9.66. The number of likely N-dealkylation sites (tertiary alicyclic amines) is 1. The van der Waals surface area contributed by atoms with Crippen LogP contribution in [0.5, 0.6) is 0 Å². The molecule has 3 amide bonds. The molecule has 3 fully saturated rings. The zero-order valence-corrected chi connectivity index (χ0v) is 22.0. The zero-order valence-electron chi connectivity index (χ0n) is 22.0. The molecule has 0 aromatic heterocycles. The number of amides is 3. The van der Waals surface area contributed by atoms with Gasteiger partial charge in [-0.05, 0) is 37.7 Å². The molecule has 7 atom stereocenters. The highest BCUT2D eigenvalue weighted by molar-refractivity contribution is 5.99. The predicted molar refractivity (Wildman–Crippen MR) is 136 cm³/mol. The third kappa shape index (κ3) is 4.32. The Labute approximate surface area is 214 Å². The molecule has 8 heteroatoms. The van der Waals surface area contributed by atoms with Crippen LogP contribution in [0.2, 0.25) is 0 Å². The molecule has 198 valence electrons. The number of benzene rings is 1. The number of hydrogen-bond donors (Lipinski definition) is 3. The molecule has 8 nitrogen and oxygen atoms in total. The van der Waals surface area contributed by atoms with Crippen LogP contribution in [0, 0.1) is 17.8 Å². The molecule has 4 rings (SSSR count). The molecule has 3 N–H and O–H groups in total. The number of hydrogen-bond acceptors (Lipinski definition) is 5. The van der Waals surface area contributed by atoms with Crippen molar-refractivity contribution in [2.75, 3.05) is 13.2 Å². The van der Waals surface area contributed by atoms with E-state index in [1.54, 1.807) is 4.90 Å². The zero-order chi connectivity index (χ0) is 26.1. The van der Waals surface area contributed by atoms with Gasteiger partial charge in [0.05, 0.1) is 30.1 Å². The third-order valence-electron chi connectivity index (χ3n) is 8.73. The molecule has 1 spiro atoms. The smallest absolute Gasteiger partial charge is 0.245 e. The molecule has 3 heterocycles. The molecule has 0 radical (unpaired) electrons. The second-order valence-electron chi connectivity index (χ2n) is 11.0. The molecular weight excluding hydrogens is 458 g/mol. The highest BCUT2D eigenvalue weighted by Crippen LogP contribution is 2.63. The minimum atomic E-state index is -1.07. The van der Waals surface area contributed by atoms with E-state index in [1.807, 2.05) is 51.1 Å². The van der Waals surface area contributed by atoms with Crippen LogP contribution in [0.1, 0.15) is 65.4 Å². The minimum Gasteiger partial charge on any atom is -0.394 e. The van der Waals surface area contributed by atoms with Crippen LogP contribution < -0.4 is 10.6 Å². The number of carbonyl (C=O) groups is 3. The summed E-state index contributed by atoms with van der Waals surface area (Å²) in [5.74, 6) is -2.21. The van der Waals surface area contributed by atoms with Crippen LogP contribution in [-0.2, 0) is 25.7 Å². The van der Waals surface area contributed by atoms with Gasteiger partial charge in [0.25, 0.3) is 0 Å². The molecule has 3 aliphatic heterocycles. The Hall–Kier alpha value is -2.45. The molecule has 1 aromatic rings. The maximum absolute atomic E-state index is 14.1. The third-order valence-corrected chi connectivity index (χ3v) is 8.73. The molecule has 0 saturated carbocycles. The van der Waals surface area contributed by atoms with E-state index in [0.717, 1.165) is 24.8 Å². The quantitative estimate of drug-likeness (QED) is 0.405. The molecule has 36 heavy (non-hydrogen) atoms. The van der Waals surface area contributed by atoms with Gasteiger partial charge in [-0.25, -0.2) is 0 Å². The number of carbonyl (C=O) groups excluding carboxylic acids is 3. The Morgan fingerprint density at radius 3 is 2.53 bits per heavy atom. The lowest BCUT2D eigenvalue weighted by Gasteiger charge is -2.39. The Kier molecular flexibility index (Phi) is 7.76. The van der Waals surface area contributed by atoms with Gasteiger partial charge in [-0.3, -0.25) is 14.4 Å². The van der Waals surface area contributed by atoms with E-state index < -0.39 is 35.1 Å². The number of nitrogens with one attached hydrogen (secondary N) is 2. The Balaban J connectivity index is 1.68. The van der Waals surface area contributed by atoms with Crippen molar-refractivity contribution in [2.45, 2.75) is 89.6 Å². The highest BCUT2D eigenvalue weighted by Gasteiger charge is 2.78. The number of ether oxygens (including phenoxy) is 1. The van der Waals surface area contributed by atoms with E-state index in [4.69, 9.17) is 4.74 Å². The largest absolute Gasteiger partial charge is 0.394 e. The van der Waals surface area contributed by atoms with Crippen LogP contribution >= 0.6 is 0 Å². The second-order valence-corrected chi connectivity index (χ2v) is 11.0. The summed E-state index contributed by atoms with van der Waals surface area (Å²) in [5, 5.41) is 16.4. The second kappa shape index (κ2) is 10.5. The van der Waals surface area contributed by atoms with Gasteiger partial charge in [0.1, 0.15) is 11.6 Å². The fourth-order valence-electron chi connectivity index (χ4n) is 6.62. The molecule has 1 aromatic carbocycles. The van der Waals surface area contributed by atoms with Crippen molar-refractivity contribution in [2.24, 2.45) is 17.8 Å². The summed E-state index contributed by atoms with van der Waals surface area (Å²) in [7, 11) is 0. The first-order valence-corrected chi connectivity index (χ1v) is 13.5. The average Bonchev–Trinajstić information content (AvgIpc) is 3.44. The van der Waals surface area contributed by atoms with Crippen LogP contribution in [0.25, 0.3) is 0 Å². The van der Waals surface area contributed by atoms with Crippen molar-refractivity contribution in [3.05, 3.63) is 35.9 Å². The first-order chi connectivity index (χ1) is 17.2. The van der Waals surface area contributed by atoms with Crippen molar-refractivity contribution in [1.82, 2.24) is 15.5 Å². The number of fused-ring (bicyclic) bond motifs is 1. The van der Waals surface area contributed by atoms with Crippen molar-refractivity contribution in [3.8, 4) is 0 Å². The Morgan fingerprint density at radius 1 is 1.17 bits per heavy atom. The molecule has 3 saturated heterocycles. The SMILES string of the molecule is CCCCNC(=O)C1N([C@@H](CO)[C@@H](C)CC)C(=O)[C@@H]2[C@H](C(=O)NCc3ccccc3)[C@]3(C)CCC12O3. The van der Waals surface area contributed by atoms with Crippen LogP contribution in [-0.4, -0.2) is 64.2 Å². The minimum absolute atomic E-state index is 0.0155. The van der Waals surface area contributed by atoms with E-state index in [1.165, 1.54) is 0 Å². The predicted octanol–water partition coefficient (Wildman–Crippen LogP) is 2.39. The standard InChI is InChI=1S/C28H41N3O5/c1-5-7-15-29-25(34)23-28-14-13-27(4,36-28)21(24(33)30-16-19-11-9-8-10-12-19)22(28)26(35)31(23)20(17-32)18(3)6-2/h8-12,18,20-23,32H,5-7,13-17H2,1-4H3,(H,29,34)(H,30,33)/t18-,20-,21+,22-,23?,27-,28?/m0/s1. The first kappa shape index (κ1) is 26.6. The molecule has 0 aliphatic carbocycles. The lowest BCUT2D eigenvalue weighted by molar-refractivity contribution is -0.151. The fourth-order valence-corrected chi connectivity index (χ4v) is 6.62. The van der Waals surface area contributed by atoms with E-state index in [0.29, 0.717) is 25.9 Å². The maximum Gasteiger partial charge on any atom is 0.245 e. The number of rotatable bonds is 11. The first-order valence-electron chi connectivity index (χ1n) is 13.5. The number of nitrogens with zero attached hydrogens (tertiary/aromatic N) is 1. The fraction of sp³-hybridized carbons (Fsp3) is 0.679. The van der Waals surface area contributed by atoms with E-state index in [9.17, 15) is 19.5 Å². The number of aliphatic hydroxyl groups is 1. The topological polar surface area (TPSA) is 108 Å². The Morgan fingerprint density at radius 2 is 1.89 bits per heavy atom. The van der Waals surface area contributed by atoms with E-state index in [-0.39, 0.29) is 30.2 Å². The van der Waals surface area contributed by atoms with Crippen LogP contribution in [0.4, 0.5) is 0 Å². The van der Waals surface area contributed by atoms with Gasteiger partial charge in [-0.2, -0.15) is 0 Å². The van der Waals surface area contributed by atoms with Gasteiger partial charge in [0.15, 0.2) is 0 Å². The van der Waals surface area contributed by atoms with Gasteiger partial charge >= 0.3 is 0 Å². The van der Waals surface area contributed by atoms with E-state index in [2.05, 4.69) is 17.6 Å². The maximum atomic E-state index is 14.1. The number of aliphatic hydroxyl groups excluding tert-OH is 1. The molecule has 3 aliphatic rings. The van der Waals surface area contributed by atoms with E-state index >= 15 is 0 Å². The molecular formula is C28H41N3O5. The van der Waals surface area contributed by atoms with Gasteiger partial charge in [0, 0.05) is 13.1 Å². The van der Waals surface area contributed by atoms with Crippen molar-refractivity contribution >= 4 is 17.7 Å². The summed E-state index contributed by atoms with van der Waals surface area (Å²) >= 11 is 0. The normalized spacial score (nSPS) is 32.3. The highest BCUT2D eigenvalue weighted by atomic mass is 16.5. The summed E-state index contributed by atoms with van der Waals surface area (Å²) in [6.07, 6.45) is 3.64. The van der Waals surface area contributed by atoms with Crippen molar-refractivity contribution in [3.63, 3.8) is 0 Å². The summed E-state index contributed by atoms with van der Waals surface area (Å²) in [4.78, 5) is 43.0.